The van der Waals surface area contributed by atoms with Gasteiger partial charge in [-0.25, -0.2) is 9.18 Å². The molecule has 2 rings (SSSR count). The van der Waals surface area contributed by atoms with Crippen molar-refractivity contribution in [2.75, 3.05) is 7.11 Å². The summed E-state index contributed by atoms with van der Waals surface area (Å²) in [6, 6.07) is 9.56. The predicted molar refractivity (Wildman–Crippen MR) is 78.3 cm³/mol. The Balaban J connectivity index is 2.08. The molecule has 0 fully saturated rings. The number of rotatable bonds is 4. The average Bonchev–Trinajstić information content (AvgIpc) is 2.48. The van der Waals surface area contributed by atoms with Crippen LogP contribution in [0.15, 0.2) is 36.4 Å². The van der Waals surface area contributed by atoms with E-state index in [-0.39, 0.29) is 12.2 Å². The molecule has 0 aliphatic rings. The Bertz CT molecular complexity index is 671. The maximum Gasteiger partial charge on any atom is 0.340 e. The van der Waals surface area contributed by atoms with Crippen molar-refractivity contribution < 1.29 is 18.7 Å². The fourth-order valence-corrected chi connectivity index (χ4v) is 1.92. The molecule has 0 N–H and O–H groups in total. The first kappa shape index (κ1) is 15.3. The van der Waals surface area contributed by atoms with Gasteiger partial charge >= 0.3 is 5.97 Å². The quantitative estimate of drug-likeness (QED) is 0.796. The topological polar surface area (TPSA) is 35.5 Å². The normalized spacial score (nSPS) is 10.3. The fraction of sp³-hybridized carbons (Fsp3) is 0.188. The first-order chi connectivity index (χ1) is 10.0. The van der Waals surface area contributed by atoms with Gasteiger partial charge in [-0.05, 0) is 48.4 Å². The van der Waals surface area contributed by atoms with Gasteiger partial charge in [0.1, 0.15) is 18.2 Å². The minimum absolute atomic E-state index is 0.0939. The summed E-state index contributed by atoms with van der Waals surface area (Å²) in [5, 5.41) is 0.663. The van der Waals surface area contributed by atoms with Crippen LogP contribution in [0.25, 0.3) is 0 Å². The number of halogens is 2. The molecule has 5 heteroatoms. The third-order valence-corrected chi connectivity index (χ3v) is 3.40. The number of hydrogen-bond donors (Lipinski definition) is 0. The summed E-state index contributed by atoms with van der Waals surface area (Å²) in [5.41, 5.74) is 1.43. The Kier molecular flexibility index (Phi) is 4.81. The molecule has 0 heterocycles. The molecule has 0 amide bonds. The van der Waals surface area contributed by atoms with Gasteiger partial charge < -0.3 is 9.47 Å². The number of carbonyl (C=O) groups is 1. The van der Waals surface area contributed by atoms with Gasteiger partial charge in [-0.1, -0.05) is 17.7 Å². The Labute approximate surface area is 127 Å². The molecule has 0 saturated carbocycles. The highest BCUT2D eigenvalue weighted by Crippen LogP contribution is 2.22. The zero-order chi connectivity index (χ0) is 15.4. The molecule has 0 spiro atoms. The van der Waals surface area contributed by atoms with Gasteiger partial charge in [0.05, 0.1) is 12.7 Å². The molecule has 110 valence electrons. The number of methoxy groups -OCH3 is 1. The van der Waals surface area contributed by atoms with Gasteiger partial charge in [0.25, 0.3) is 0 Å². The van der Waals surface area contributed by atoms with E-state index in [0.717, 1.165) is 5.56 Å². The van der Waals surface area contributed by atoms with Crippen LogP contribution in [0.4, 0.5) is 4.39 Å². The Morgan fingerprint density at radius 3 is 2.62 bits per heavy atom. The minimum atomic E-state index is -0.701. The number of carbonyl (C=O) groups excluding carboxylic acids is 1. The van der Waals surface area contributed by atoms with Crippen LogP contribution >= 0.6 is 11.6 Å². The zero-order valence-corrected chi connectivity index (χ0v) is 12.4. The van der Waals surface area contributed by atoms with Gasteiger partial charge in [-0.15, -0.1) is 0 Å². The second-order valence-electron chi connectivity index (χ2n) is 4.51. The Morgan fingerprint density at radius 2 is 2.00 bits per heavy atom. The summed E-state index contributed by atoms with van der Waals surface area (Å²) >= 11 is 5.93. The largest absolute Gasteiger partial charge is 0.489 e. The minimum Gasteiger partial charge on any atom is -0.489 e. The summed E-state index contributed by atoms with van der Waals surface area (Å²) in [4.78, 5) is 11.3. The van der Waals surface area contributed by atoms with E-state index in [9.17, 15) is 9.18 Å². The summed E-state index contributed by atoms with van der Waals surface area (Å²) in [7, 11) is 1.21. The molecule has 0 radical (unpaired) electrons. The van der Waals surface area contributed by atoms with Crippen LogP contribution in [0.1, 0.15) is 21.5 Å². The van der Waals surface area contributed by atoms with Crippen molar-refractivity contribution in [3.05, 3.63) is 63.9 Å². The molecule has 3 nitrogen and oxygen atoms in total. The average molecular weight is 309 g/mol. The van der Waals surface area contributed by atoms with E-state index in [2.05, 4.69) is 4.74 Å². The number of ether oxygens (including phenoxy) is 2. The van der Waals surface area contributed by atoms with Crippen molar-refractivity contribution >= 4 is 17.6 Å². The first-order valence-electron chi connectivity index (χ1n) is 6.27. The van der Waals surface area contributed by atoms with Crippen LogP contribution in [0.5, 0.6) is 5.75 Å². The monoisotopic (exact) mass is 308 g/mol. The van der Waals surface area contributed by atoms with Crippen molar-refractivity contribution in [3.63, 3.8) is 0 Å². The summed E-state index contributed by atoms with van der Waals surface area (Å²) in [6.07, 6.45) is 0. The molecule has 0 atom stereocenters. The van der Waals surface area contributed by atoms with Crippen molar-refractivity contribution in [1.29, 1.82) is 0 Å². The van der Waals surface area contributed by atoms with E-state index in [1.165, 1.54) is 19.2 Å². The maximum absolute atomic E-state index is 13.8. The van der Waals surface area contributed by atoms with E-state index in [1.54, 1.807) is 18.2 Å². The second kappa shape index (κ2) is 6.59. The highest BCUT2D eigenvalue weighted by Gasteiger charge is 2.12. The molecular formula is C16H14ClFO3. The molecule has 0 saturated heterocycles. The van der Waals surface area contributed by atoms with E-state index >= 15 is 0 Å². The van der Waals surface area contributed by atoms with Crippen molar-refractivity contribution in [3.8, 4) is 5.75 Å². The van der Waals surface area contributed by atoms with E-state index < -0.39 is 11.8 Å². The standard InChI is InChI=1S/C16H14ClFO3/c1-10-7-12(4-6-14(10)17)21-9-11-3-5-13(15(18)8-11)16(19)20-2/h3-8H,9H2,1-2H3. The van der Waals surface area contributed by atoms with Crippen LogP contribution in [-0.4, -0.2) is 13.1 Å². The maximum atomic E-state index is 13.8. The van der Waals surface area contributed by atoms with Crippen LogP contribution in [-0.2, 0) is 11.3 Å². The molecule has 2 aromatic carbocycles. The number of hydrogen-bond acceptors (Lipinski definition) is 3. The molecule has 21 heavy (non-hydrogen) atoms. The summed E-state index contributed by atoms with van der Waals surface area (Å²) in [6.45, 7) is 2.07. The van der Waals surface area contributed by atoms with E-state index in [4.69, 9.17) is 16.3 Å². The summed E-state index contributed by atoms with van der Waals surface area (Å²) < 4.78 is 23.8. The third-order valence-electron chi connectivity index (χ3n) is 2.97. The van der Waals surface area contributed by atoms with Gasteiger partial charge in [0.15, 0.2) is 0 Å². The lowest BCUT2D eigenvalue weighted by molar-refractivity contribution is 0.0595. The molecule has 0 aliphatic heterocycles. The van der Waals surface area contributed by atoms with E-state index in [1.807, 2.05) is 13.0 Å². The van der Waals surface area contributed by atoms with Crippen LogP contribution in [0.2, 0.25) is 5.02 Å². The molecular weight excluding hydrogens is 295 g/mol. The first-order valence-corrected chi connectivity index (χ1v) is 6.64. The molecule has 0 unspecified atom stereocenters. The lowest BCUT2D eigenvalue weighted by Gasteiger charge is -2.09. The molecule has 0 aromatic heterocycles. The van der Waals surface area contributed by atoms with Gasteiger partial charge in [-0.2, -0.15) is 0 Å². The zero-order valence-electron chi connectivity index (χ0n) is 11.7. The van der Waals surface area contributed by atoms with Crippen LogP contribution < -0.4 is 4.74 Å². The van der Waals surface area contributed by atoms with Crippen molar-refractivity contribution in [1.82, 2.24) is 0 Å². The fourth-order valence-electron chi connectivity index (χ4n) is 1.80. The van der Waals surface area contributed by atoms with Crippen molar-refractivity contribution in [2.45, 2.75) is 13.5 Å². The highest BCUT2D eigenvalue weighted by atomic mass is 35.5. The third kappa shape index (κ3) is 3.73. The summed E-state index contributed by atoms with van der Waals surface area (Å²) in [5.74, 6) is -0.683. The Morgan fingerprint density at radius 1 is 1.24 bits per heavy atom. The number of aryl methyl sites for hydroxylation is 1. The molecule has 0 bridgehead atoms. The lowest BCUT2D eigenvalue weighted by atomic mass is 10.1. The van der Waals surface area contributed by atoms with Gasteiger partial charge in [0, 0.05) is 5.02 Å². The van der Waals surface area contributed by atoms with Crippen molar-refractivity contribution in [2.24, 2.45) is 0 Å². The SMILES string of the molecule is COC(=O)c1ccc(COc2ccc(Cl)c(C)c2)cc1F. The Hall–Kier alpha value is -2.07. The smallest absolute Gasteiger partial charge is 0.340 e. The molecule has 2 aromatic rings. The molecule has 0 aliphatic carbocycles. The van der Waals surface area contributed by atoms with Crippen LogP contribution in [0.3, 0.4) is 0 Å². The predicted octanol–water partition coefficient (Wildman–Crippen LogP) is 4.15. The van der Waals surface area contributed by atoms with Gasteiger partial charge in [0.2, 0.25) is 0 Å². The van der Waals surface area contributed by atoms with Crippen LogP contribution in [0, 0.1) is 12.7 Å². The second-order valence-corrected chi connectivity index (χ2v) is 4.91. The number of esters is 1. The number of benzene rings is 2. The van der Waals surface area contributed by atoms with E-state index in [0.29, 0.717) is 16.3 Å². The lowest BCUT2D eigenvalue weighted by Crippen LogP contribution is -2.05. The van der Waals surface area contributed by atoms with Gasteiger partial charge in [-0.3, -0.25) is 0 Å². The highest BCUT2D eigenvalue weighted by molar-refractivity contribution is 6.31.